The topological polar surface area (TPSA) is 17.1 Å². The molecule has 1 heterocycles. The van der Waals surface area contributed by atoms with Gasteiger partial charge in [-0.2, -0.15) is 0 Å². The molecule has 1 nitrogen and oxygen atoms in total. The molecule has 0 fully saturated rings. The molecule has 2 aromatic rings. The summed E-state index contributed by atoms with van der Waals surface area (Å²) < 4.78 is 1.27. The summed E-state index contributed by atoms with van der Waals surface area (Å²) >= 11 is 3.19. The number of benzene rings is 1. The molecule has 3 heteroatoms. The molecule has 0 bridgehead atoms. The number of unbranched alkanes of at least 4 members (excludes halogenated alkanes) is 8. The van der Waals surface area contributed by atoms with E-state index in [-0.39, 0.29) is 4.74 Å². The second kappa shape index (κ2) is 10.9. The van der Waals surface area contributed by atoms with Crippen LogP contribution in [0.4, 0.5) is 0 Å². The normalized spacial score (nSPS) is 11.2. The highest BCUT2D eigenvalue weighted by molar-refractivity contribution is 7.99. The smallest absolute Gasteiger partial charge is 0.234 e. The Morgan fingerprint density at radius 3 is 2.30 bits per heavy atom. The van der Waals surface area contributed by atoms with Crippen molar-refractivity contribution in [3.8, 4) is 0 Å². The molecule has 0 saturated heterocycles. The van der Waals surface area contributed by atoms with E-state index in [1.165, 1.54) is 74.5 Å². The van der Waals surface area contributed by atoms with Gasteiger partial charge in [0.05, 0.1) is 0 Å². The first-order valence-electron chi connectivity index (χ1n) is 8.97. The van der Waals surface area contributed by atoms with Gasteiger partial charge in [-0.05, 0) is 18.2 Å². The van der Waals surface area contributed by atoms with Gasteiger partial charge in [0.2, 0.25) is 4.74 Å². The molecule has 0 aliphatic rings. The zero-order chi connectivity index (χ0) is 16.3. The van der Waals surface area contributed by atoms with Crippen LogP contribution in [0.25, 0.3) is 10.1 Å². The maximum atomic E-state index is 11.8. The summed E-state index contributed by atoms with van der Waals surface area (Å²) in [7, 11) is 0. The van der Waals surface area contributed by atoms with Gasteiger partial charge < -0.3 is 0 Å². The molecule has 2 rings (SSSR count). The third kappa shape index (κ3) is 6.68. The maximum Gasteiger partial charge on any atom is 0.234 e. The summed E-state index contributed by atoms with van der Waals surface area (Å²) in [5.41, 5.74) is 0. The Kier molecular flexibility index (Phi) is 8.77. The largest absolute Gasteiger partial charge is 0.278 e. The minimum Gasteiger partial charge on any atom is -0.278 e. The number of hydrogen-bond donors (Lipinski definition) is 0. The van der Waals surface area contributed by atoms with E-state index >= 15 is 0 Å². The molecule has 126 valence electrons. The van der Waals surface area contributed by atoms with Gasteiger partial charge in [0.1, 0.15) is 0 Å². The Hall–Kier alpha value is -0.800. The lowest BCUT2D eigenvalue weighted by molar-refractivity contribution is 0.573. The highest BCUT2D eigenvalue weighted by Crippen LogP contribution is 2.29. The second-order valence-electron chi connectivity index (χ2n) is 6.10. The summed E-state index contributed by atoms with van der Waals surface area (Å²) in [6.45, 7) is 2.27. The first kappa shape index (κ1) is 18.5. The third-order valence-corrected chi connectivity index (χ3v) is 6.15. The molecule has 0 atom stereocenters. The van der Waals surface area contributed by atoms with Crippen molar-refractivity contribution in [2.24, 2.45) is 0 Å². The monoisotopic (exact) mass is 348 g/mol. The van der Waals surface area contributed by atoms with Crippen molar-refractivity contribution in [3.63, 3.8) is 0 Å². The molecule has 0 aliphatic carbocycles. The fourth-order valence-corrected chi connectivity index (χ4v) is 4.86. The summed E-state index contributed by atoms with van der Waals surface area (Å²) in [4.78, 5) is 12.9. The summed E-state index contributed by atoms with van der Waals surface area (Å²) in [5.74, 6) is 1.12. The summed E-state index contributed by atoms with van der Waals surface area (Å²) in [6, 6.07) is 10.1. The van der Waals surface area contributed by atoms with Crippen molar-refractivity contribution in [2.75, 3.05) is 5.75 Å². The van der Waals surface area contributed by atoms with Crippen molar-refractivity contribution >= 4 is 33.2 Å². The molecule has 0 saturated carbocycles. The van der Waals surface area contributed by atoms with E-state index in [1.54, 1.807) is 0 Å². The Balaban J connectivity index is 1.66. The number of rotatable bonds is 11. The lowest BCUT2D eigenvalue weighted by atomic mass is 10.1. The van der Waals surface area contributed by atoms with E-state index in [0.717, 1.165) is 15.3 Å². The number of thioether (sulfide) groups is 1. The zero-order valence-electron chi connectivity index (χ0n) is 14.2. The second-order valence-corrected chi connectivity index (χ2v) is 8.29. The van der Waals surface area contributed by atoms with Crippen LogP contribution in [0.15, 0.2) is 40.0 Å². The highest BCUT2D eigenvalue weighted by atomic mass is 32.2. The lowest BCUT2D eigenvalue weighted by Crippen LogP contribution is -1.93. The fourth-order valence-electron chi connectivity index (χ4n) is 2.80. The van der Waals surface area contributed by atoms with Gasteiger partial charge in [-0.15, -0.1) is 11.8 Å². The van der Waals surface area contributed by atoms with Crippen molar-refractivity contribution in [3.05, 3.63) is 39.9 Å². The van der Waals surface area contributed by atoms with Crippen LogP contribution in [-0.2, 0) is 0 Å². The van der Waals surface area contributed by atoms with Crippen LogP contribution >= 0.6 is 23.1 Å². The van der Waals surface area contributed by atoms with E-state index in [1.807, 2.05) is 30.0 Å². The van der Waals surface area contributed by atoms with Gasteiger partial charge in [-0.3, -0.25) is 4.79 Å². The number of hydrogen-bond acceptors (Lipinski definition) is 3. The number of fused-ring (bicyclic) bond motifs is 1. The average molecular weight is 349 g/mol. The van der Waals surface area contributed by atoms with Gasteiger partial charge in [0, 0.05) is 21.0 Å². The van der Waals surface area contributed by atoms with E-state index in [9.17, 15) is 4.79 Å². The Bertz CT molecular complexity index is 633. The zero-order valence-corrected chi connectivity index (χ0v) is 15.8. The van der Waals surface area contributed by atoms with E-state index in [0.29, 0.717) is 0 Å². The molecular weight excluding hydrogens is 320 g/mol. The molecule has 0 radical (unpaired) electrons. The summed E-state index contributed by atoms with van der Waals surface area (Å²) in [5, 5.41) is 1.23. The Morgan fingerprint density at radius 2 is 1.57 bits per heavy atom. The predicted octanol–water partition coefficient (Wildman–Crippen LogP) is 6.88. The van der Waals surface area contributed by atoms with Crippen LogP contribution in [0.1, 0.15) is 64.7 Å². The minimum absolute atomic E-state index is 0.165. The average Bonchev–Trinajstić information content (AvgIpc) is 2.56. The molecule has 23 heavy (non-hydrogen) atoms. The quantitative estimate of drug-likeness (QED) is 0.325. The van der Waals surface area contributed by atoms with Crippen LogP contribution < -0.4 is 4.74 Å². The van der Waals surface area contributed by atoms with Crippen molar-refractivity contribution in [2.45, 2.75) is 69.6 Å². The van der Waals surface area contributed by atoms with E-state index < -0.39 is 0 Å². The predicted molar refractivity (Wildman–Crippen MR) is 106 cm³/mol. The third-order valence-electron chi connectivity index (χ3n) is 4.12. The lowest BCUT2D eigenvalue weighted by Gasteiger charge is -2.05. The van der Waals surface area contributed by atoms with Crippen LogP contribution in [0.5, 0.6) is 0 Å². The van der Waals surface area contributed by atoms with Crippen LogP contribution in [-0.4, -0.2) is 5.75 Å². The molecule has 0 unspecified atom stereocenters. The van der Waals surface area contributed by atoms with Gasteiger partial charge in [0.25, 0.3) is 0 Å². The van der Waals surface area contributed by atoms with Crippen LogP contribution in [0, 0.1) is 0 Å². The molecule has 0 aliphatic heterocycles. The molecule has 0 amide bonds. The molecular formula is C20H28OS2. The molecule has 0 N–H and O–H groups in total. The van der Waals surface area contributed by atoms with Crippen LogP contribution in [0.2, 0.25) is 0 Å². The van der Waals surface area contributed by atoms with E-state index in [4.69, 9.17) is 0 Å². The standard InChI is InChI=1S/C20H28OS2/c1-2-3-4-5-6-7-8-9-12-15-22-19-16-20(21)23-18-14-11-10-13-17(18)19/h10-11,13-14,16H,2-9,12,15H2,1H3. The van der Waals surface area contributed by atoms with Gasteiger partial charge in [-0.1, -0.05) is 87.8 Å². The minimum atomic E-state index is 0.165. The van der Waals surface area contributed by atoms with Gasteiger partial charge in [0.15, 0.2) is 0 Å². The molecule has 0 spiro atoms. The van der Waals surface area contributed by atoms with Gasteiger partial charge >= 0.3 is 0 Å². The van der Waals surface area contributed by atoms with Crippen molar-refractivity contribution in [1.29, 1.82) is 0 Å². The Morgan fingerprint density at radius 1 is 0.913 bits per heavy atom. The SMILES string of the molecule is CCCCCCCCCCCSc1cc(=O)sc2ccccc12. The van der Waals surface area contributed by atoms with Crippen molar-refractivity contribution < 1.29 is 0 Å². The summed E-state index contributed by atoms with van der Waals surface area (Å²) in [6.07, 6.45) is 12.3. The first-order chi connectivity index (χ1) is 11.3. The highest BCUT2D eigenvalue weighted by Gasteiger charge is 2.04. The van der Waals surface area contributed by atoms with E-state index in [2.05, 4.69) is 19.1 Å². The maximum absolute atomic E-state index is 11.8. The molecule has 1 aromatic carbocycles. The molecule has 1 aromatic heterocycles. The Labute approximate surface area is 148 Å². The van der Waals surface area contributed by atoms with Crippen molar-refractivity contribution in [1.82, 2.24) is 0 Å². The first-order valence-corrected chi connectivity index (χ1v) is 10.8. The van der Waals surface area contributed by atoms with Gasteiger partial charge in [-0.25, -0.2) is 0 Å². The fraction of sp³-hybridized carbons (Fsp3) is 0.550. The van der Waals surface area contributed by atoms with Crippen LogP contribution in [0.3, 0.4) is 0 Å².